The Morgan fingerprint density at radius 3 is 2.46 bits per heavy atom. The molecule has 0 unspecified atom stereocenters. The van der Waals surface area contributed by atoms with E-state index in [-0.39, 0.29) is 0 Å². The number of piperidine rings is 1. The molecule has 1 aliphatic carbocycles. The van der Waals surface area contributed by atoms with Crippen molar-refractivity contribution in [1.82, 2.24) is 5.32 Å². The van der Waals surface area contributed by atoms with Crippen LogP contribution in [0.15, 0.2) is 0 Å². The second-order valence-electron chi connectivity index (χ2n) is 5.30. The normalized spacial score (nSPS) is 40.4. The van der Waals surface area contributed by atoms with E-state index in [4.69, 9.17) is 0 Å². The summed E-state index contributed by atoms with van der Waals surface area (Å²) in [4.78, 5) is 0. The summed E-state index contributed by atoms with van der Waals surface area (Å²) in [6.45, 7) is 6.00. The maximum atomic E-state index is 3.72. The predicted molar refractivity (Wildman–Crippen MR) is 56.7 cm³/mol. The van der Waals surface area contributed by atoms with Crippen molar-refractivity contribution >= 4 is 0 Å². The van der Waals surface area contributed by atoms with Crippen molar-refractivity contribution in [3.63, 3.8) is 0 Å². The molecule has 0 aromatic carbocycles. The summed E-state index contributed by atoms with van der Waals surface area (Å²) in [5, 5.41) is 3.72. The molecule has 1 saturated heterocycles. The summed E-state index contributed by atoms with van der Waals surface area (Å²) in [5.41, 5.74) is 0. The van der Waals surface area contributed by atoms with E-state index in [0.29, 0.717) is 0 Å². The fourth-order valence-corrected chi connectivity index (χ4v) is 3.08. The lowest BCUT2D eigenvalue weighted by Crippen LogP contribution is -2.47. The highest BCUT2D eigenvalue weighted by atomic mass is 14.9. The highest BCUT2D eigenvalue weighted by Crippen LogP contribution is 2.36. The number of nitrogens with one attached hydrogen (secondary N) is 1. The molecule has 1 heteroatoms. The highest BCUT2D eigenvalue weighted by molar-refractivity contribution is 4.87. The molecular weight excluding hydrogens is 158 g/mol. The molecule has 3 atom stereocenters. The maximum Gasteiger partial charge on any atom is 0.00929 e. The SMILES string of the molecule is CC(C)[C@@H]1C[C@@H]2CCCC[C@@H]2CN1. The monoisotopic (exact) mass is 181 g/mol. The van der Waals surface area contributed by atoms with Gasteiger partial charge in [-0.3, -0.25) is 0 Å². The van der Waals surface area contributed by atoms with Crippen LogP contribution < -0.4 is 5.32 Å². The van der Waals surface area contributed by atoms with Crippen LogP contribution in [0.1, 0.15) is 46.0 Å². The highest BCUT2D eigenvalue weighted by Gasteiger charge is 2.32. The number of hydrogen-bond donors (Lipinski definition) is 1. The van der Waals surface area contributed by atoms with E-state index < -0.39 is 0 Å². The van der Waals surface area contributed by atoms with Crippen LogP contribution in [0, 0.1) is 17.8 Å². The van der Waals surface area contributed by atoms with E-state index in [2.05, 4.69) is 19.2 Å². The van der Waals surface area contributed by atoms with Crippen molar-refractivity contribution in [3.8, 4) is 0 Å². The summed E-state index contributed by atoms with van der Waals surface area (Å²) >= 11 is 0. The van der Waals surface area contributed by atoms with Crippen molar-refractivity contribution in [2.45, 2.75) is 52.0 Å². The quantitative estimate of drug-likeness (QED) is 0.656. The summed E-state index contributed by atoms with van der Waals surface area (Å²) in [6.07, 6.45) is 7.42. The molecule has 1 heterocycles. The van der Waals surface area contributed by atoms with Gasteiger partial charge in [0.15, 0.2) is 0 Å². The third kappa shape index (κ3) is 2.07. The minimum absolute atomic E-state index is 0.805. The van der Waals surface area contributed by atoms with E-state index >= 15 is 0 Å². The van der Waals surface area contributed by atoms with Crippen molar-refractivity contribution in [2.75, 3.05) is 6.54 Å². The Bertz CT molecular complexity index is 165. The van der Waals surface area contributed by atoms with E-state index in [1.54, 1.807) is 0 Å². The van der Waals surface area contributed by atoms with Crippen LogP contribution >= 0.6 is 0 Å². The Hall–Kier alpha value is -0.0400. The second kappa shape index (κ2) is 4.00. The molecule has 1 N–H and O–H groups in total. The van der Waals surface area contributed by atoms with Gasteiger partial charge in [0, 0.05) is 6.04 Å². The Morgan fingerprint density at radius 2 is 1.77 bits per heavy atom. The molecule has 0 aromatic rings. The van der Waals surface area contributed by atoms with Gasteiger partial charge < -0.3 is 5.32 Å². The predicted octanol–water partition coefficient (Wildman–Crippen LogP) is 2.81. The summed E-state index contributed by atoms with van der Waals surface area (Å²) in [7, 11) is 0. The molecule has 0 aromatic heterocycles. The number of rotatable bonds is 1. The van der Waals surface area contributed by atoms with Gasteiger partial charge in [-0.05, 0) is 37.1 Å². The van der Waals surface area contributed by atoms with E-state index in [0.717, 1.165) is 23.8 Å². The Labute approximate surface area is 82.3 Å². The standard InChI is InChI=1S/C12H23N/c1-9(2)12-7-10-5-3-4-6-11(10)8-13-12/h9-13H,3-8H2,1-2H3/t10-,11+,12-/m0/s1. The van der Waals surface area contributed by atoms with Gasteiger partial charge in [-0.2, -0.15) is 0 Å². The van der Waals surface area contributed by atoms with Crippen LogP contribution in [0.3, 0.4) is 0 Å². The summed E-state index contributed by atoms with van der Waals surface area (Å²) < 4.78 is 0. The molecule has 0 bridgehead atoms. The van der Waals surface area contributed by atoms with Crippen molar-refractivity contribution in [1.29, 1.82) is 0 Å². The van der Waals surface area contributed by atoms with Gasteiger partial charge in [0.25, 0.3) is 0 Å². The van der Waals surface area contributed by atoms with Gasteiger partial charge in [0.1, 0.15) is 0 Å². The average molecular weight is 181 g/mol. The second-order valence-corrected chi connectivity index (χ2v) is 5.30. The average Bonchev–Trinajstić information content (AvgIpc) is 2.17. The zero-order chi connectivity index (χ0) is 9.26. The third-order valence-corrected chi connectivity index (χ3v) is 4.07. The first-order valence-electron chi connectivity index (χ1n) is 6.00. The van der Waals surface area contributed by atoms with Crippen LogP contribution in [0.25, 0.3) is 0 Å². The third-order valence-electron chi connectivity index (χ3n) is 4.07. The smallest absolute Gasteiger partial charge is 0.00929 e. The molecule has 0 radical (unpaired) electrons. The van der Waals surface area contributed by atoms with Crippen LogP contribution in [0.5, 0.6) is 0 Å². The molecule has 2 rings (SSSR count). The number of hydrogen-bond acceptors (Lipinski definition) is 1. The van der Waals surface area contributed by atoms with E-state index in [9.17, 15) is 0 Å². The molecular formula is C12H23N. The van der Waals surface area contributed by atoms with Gasteiger partial charge in [-0.1, -0.05) is 33.1 Å². The lowest BCUT2D eigenvalue weighted by Gasteiger charge is -2.41. The minimum Gasteiger partial charge on any atom is -0.313 e. The van der Waals surface area contributed by atoms with E-state index in [1.807, 2.05) is 0 Å². The maximum absolute atomic E-state index is 3.72. The lowest BCUT2D eigenvalue weighted by atomic mass is 9.72. The van der Waals surface area contributed by atoms with Crippen molar-refractivity contribution < 1.29 is 0 Å². The fraction of sp³-hybridized carbons (Fsp3) is 1.00. The molecule has 1 saturated carbocycles. The van der Waals surface area contributed by atoms with Gasteiger partial charge in [0.05, 0.1) is 0 Å². The summed E-state index contributed by atoms with van der Waals surface area (Å²) in [5.74, 6) is 2.90. The van der Waals surface area contributed by atoms with E-state index in [1.165, 1.54) is 38.6 Å². The molecule has 76 valence electrons. The molecule has 1 aliphatic heterocycles. The molecule has 2 aliphatic rings. The molecule has 0 spiro atoms. The van der Waals surface area contributed by atoms with Crippen molar-refractivity contribution in [2.24, 2.45) is 17.8 Å². The first-order valence-corrected chi connectivity index (χ1v) is 6.00. The fourth-order valence-electron chi connectivity index (χ4n) is 3.08. The Kier molecular flexibility index (Phi) is 2.92. The zero-order valence-corrected chi connectivity index (χ0v) is 9.05. The molecule has 13 heavy (non-hydrogen) atoms. The zero-order valence-electron chi connectivity index (χ0n) is 9.05. The Morgan fingerprint density at radius 1 is 1.08 bits per heavy atom. The summed E-state index contributed by atoms with van der Waals surface area (Å²) in [6, 6.07) is 0.805. The Balaban J connectivity index is 1.91. The van der Waals surface area contributed by atoms with Crippen LogP contribution in [0.4, 0.5) is 0 Å². The number of fused-ring (bicyclic) bond motifs is 1. The molecule has 2 fully saturated rings. The van der Waals surface area contributed by atoms with Crippen LogP contribution in [-0.2, 0) is 0 Å². The minimum atomic E-state index is 0.805. The first-order chi connectivity index (χ1) is 6.27. The van der Waals surface area contributed by atoms with Gasteiger partial charge >= 0.3 is 0 Å². The molecule has 0 amide bonds. The van der Waals surface area contributed by atoms with Gasteiger partial charge in [0.2, 0.25) is 0 Å². The first kappa shape index (κ1) is 9.51. The van der Waals surface area contributed by atoms with Crippen LogP contribution in [-0.4, -0.2) is 12.6 Å². The van der Waals surface area contributed by atoms with Gasteiger partial charge in [-0.25, -0.2) is 0 Å². The van der Waals surface area contributed by atoms with Crippen molar-refractivity contribution in [3.05, 3.63) is 0 Å². The topological polar surface area (TPSA) is 12.0 Å². The van der Waals surface area contributed by atoms with Crippen LogP contribution in [0.2, 0.25) is 0 Å². The van der Waals surface area contributed by atoms with Gasteiger partial charge in [-0.15, -0.1) is 0 Å². The largest absolute Gasteiger partial charge is 0.313 e. The molecule has 1 nitrogen and oxygen atoms in total. The lowest BCUT2D eigenvalue weighted by molar-refractivity contribution is 0.136.